The van der Waals surface area contributed by atoms with Crippen molar-refractivity contribution in [1.82, 2.24) is 10.6 Å². The monoisotopic (exact) mass is 332 g/mol. The van der Waals surface area contributed by atoms with Gasteiger partial charge in [-0.15, -0.1) is 0 Å². The number of amides is 2. The lowest BCUT2D eigenvalue weighted by Crippen LogP contribution is -2.41. The van der Waals surface area contributed by atoms with Crippen LogP contribution >= 0.6 is 11.6 Å². The first-order valence-corrected chi connectivity index (χ1v) is 9.10. The Labute approximate surface area is 131 Å². The molecule has 0 heterocycles. The lowest BCUT2D eigenvalue weighted by atomic mass is 9.96. The van der Waals surface area contributed by atoms with Crippen molar-refractivity contribution in [3.63, 3.8) is 0 Å². The molecule has 1 atom stereocenters. The predicted molar refractivity (Wildman–Crippen MR) is 85.3 cm³/mol. The minimum Gasteiger partial charge on any atom is -0.337 e. The van der Waals surface area contributed by atoms with Gasteiger partial charge in [0.2, 0.25) is 0 Å². The number of hydrogen-bond donors (Lipinski definition) is 2. The van der Waals surface area contributed by atoms with Gasteiger partial charge in [-0.2, -0.15) is 0 Å². The first kappa shape index (κ1) is 17.8. The Kier molecular flexibility index (Phi) is 6.48. The standard InChI is InChI=1S/C14H21ClN2O3S/c1-10(2)13(11-4-6-12(15)7-5-11)17-14(18)16-8-9-21(3,19)20/h4-7,10,13H,8-9H2,1-3H3,(H2,16,17,18)/t13-/m0/s1. The second-order valence-corrected chi connectivity index (χ2v) is 8.00. The Morgan fingerprint density at radius 3 is 2.29 bits per heavy atom. The van der Waals surface area contributed by atoms with Crippen LogP contribution in [-0.2, 0) is 9.84 Å². The molecular weight excluding hydrogens is 312 g/mol. The molecule has 0 saturated carbocycles. The van der Waals surface area contributed by atoms with Crippen molar-refractivity contribution >= 4 is 27.5 Å². The van der Waals surface area contributed by atoms with E-state index in [2.05, 4.69) is 10.6 Å². The van der Waals surface area contributed by atoms with E-state index >= 15 is 0 Å². The summed E-state index contributed by atoms with van der Waals surface area (Å²) in [6, 6.07) is 6.73. The quantitative estimate of drug-likeness (QED) is 0.839. The largest absolute Gasteiger partial charge is 0.337 e. The third-order valence-electron chi connectivity index (χ3n) is 2.94. The predicted octanol–water partition coefficient (Wildman–Crippen LogP) is 2.38. The number of halogens is 1. The number of hydrogen-bond acceptors (Lipinski definition) is 3. The highest BCUT2D eigenvalue weighted by Crippen LogP contribution is 2.23. The van der Waals surface area contributed by atoms with Gasteiger partial charge in [-0.05, 0) is 23.6 Å². The van der Waals surface area contributed by atoms with Crippen LogP contribution in [0.25, 0.3) is 0 Å². The first-order valence-electron chi connectivity index (χ1n) is 6.66. The van der Waals surface area contributed by atoms with Gasteiger partial charge in [0.15, 0.2) is 0 Å². The summed E-state index contributed by atoms with van der Waals surface area (Å²) in [6.07, 6.45) is 1.14. The summed E-state index contributed by atoms with van der Waals surface area (Å²) >= 11 is 5.86. The zero-order valence-corrected chi connectivity index (χ0v) is 14.0. The molecule has 0 aliphatic carbocycles. The second-order valence-electron chi connectivity index (χ2n) is 5.30. The highest BCUT2D eigenvalue weighted by Gasteiger charge is 2.18. The first-order chi connectivity index (χ1) is 9.69. The average Bonchev–Trinajstić information content (AvgIpc) is 2.35. The third-order valence-corrected chi connectivity index (χ3v) is 4.14. The van der Waals surface area contributed by atoms with Gasteiger partial charge in [-0.1, -0.05) is 37.6 Å². The summed E-state index contributed by atoms with van der Waals surface area (Å²) < 4.78 is 22.0. The highest BCUT2D eigenvalue weighted by molar-refractivity contribution is 7.90. The second kappa shape index (κ2) is 7.66. The van der Waals surface area contributed by atoms with Gasteiger partial charge in [0.05, 0.1) is 11.8 Å². The molecule has 118 valence electrons. The van der Waals surface area contributed by atoms with E-state index in [1.54, 1.807) is 12.1 Å². The van der Waals surface area contributed by atoms with Gasteiger partial charge in [0.25, 0.3) is 0 Å². The number of carbonyl (C=O) groups is 1. The van der Waals surface area contributed by atoms with Crippen LogP contribution in [0.15, 0.2) is 24.3 Å². The number of rotatable bonds is 6. The summed E-state index contributed by atoms with van der Waals surface area (Å²) in [6.45, 7) is 4.09. The van der Waals surface area contributed by atoms with Gasteiger partial charge in [0.1, 0.15) is 9.84 Å². The third kappa shape index (κ3) is 6.82. The topological polar surface area (TPSA) is 75.3 Å². The van der Waals surface area contributed by atoms with Gasteiger partial charge < -0.3 is 10.6 Å². The molecule has 0 bridgehead atoms. The van der Waals surface area contributed by atoms with Crippen LogP contribution in [0.5, 0.6) is 0 Å². The van der Waals surface area contributed by atoms with E-state index in [4.69, 9.17) is 11.6 Å². The minimum atomic E-state index is -3.08. The molecule has 0 aromatic heterocycles. The van der Waals surface area contributed by atoms with Crippen LogP contribution in [0.1, 0.15) is 25.5 Å². The maximum Gasteiger partial charge on any atom is 0.315 e. The van der Waals surface area contributed by atoms with Crippen LogP contribution in [0.4, 0.5) is 4.79 Å². The van der Waals surface area contributed by atoms with Crippen LogP contribution in [0.3, 0.4) is 0 Å². The molecule has 0 aliphatic rings. The SMILES string of the molecule is CC(C)[C@H](NC(=O)NCCS(C)(=O)=O)c1ccc(Cl)cc1. The number of benzene rings is 1. The molecule has 0 aliphatic heterocycles. The Bertz CT molecular complexity index is 570. The van der Waals surface area contributed by atoms with Crippen molar-refractivity contribution in [2.45, 2.75) is 19.9 Å². The molecule has 2 amide bonds. The van der Waals surface area contributed by atoms with Crippen molar-refractivity contribution in [2.75, 3.05) is 18.6 Å². The van der Waals surface area contributed by atoms with E-state index in [0.717, 1.165) is 11.8 Å². The maximum absolute atomic E-state index is 11.8. The molecule has 1 rings (SSSR count). The number of nitrogens with one attached hydrogen (secondary N) is 2. The Morgan fingerprint density at radius 1 is 1.24 bits per heavy atom. The molecule has 7 heteroatoms. The van der Waals surface area contributed by atoms with Crippen LogP contribution in [0, 0.1) is 5.92 Å². The van der Waals surface area contributed by atoms with Crippen molar-refractivity contribution in [2.24, 2.45) is 5.92 Å². The lowest BCUT2D eigenvalue weighted by molar-refractivity contribution is 0.233. The zero-order chi connectivity index (χ0) is 16.0. The Hall–Kier alpha value is -1.27. The maximum atomic E-state index is 11.8. The van der Waals surface area contributed by atoms with Crippen molar-refractivity contribution in [3.05, 3.63) is 34.9 Å². The molecule has 5 nitrogen and oxygen atoms in total. The molecule has 1 aromatic rings. The lowest BCUT2D eigenvalue weighted by Gasteiger charge is -2.23. The summed E-state index contributed by atoms with van der Waals surface area (Å²) in [5, 5.41) is 6.04. The zero-order valence-electron chi connectivity index (χ0n) is 12.4. The van der Waals surface area contributed by atoms with Gasteiger partial charge in [-0.25, -0.2) is 13.2 Å². The summed E-state index contributed by atoms with van der Waals surface area (Å²) in [5.41, 5.74) is 0.952. The number of urea groups is 1. The number of sulfone groups is 1. The molecule has 0 fully saturated rings. The van der Waals surface area contributed by atoms with Crippen LogP contribution in [0.2, 0.25) is 5.02 Å². The minimum absolute atomic E-state index is 0.0757. The summed E-state index contributed by atoms with van der Waals surface area (Å²) in [5.74, 6) is 0.111. The van der Waals surface area contributed by atoms with Gasteiger partial charge in [-0.3, -0.25) is 0 Å². The normalized spacial score (nSPS) is 13.0. The fourth-order valence-electron chi connectivity index (χ4n) is 1.85. The van der Waals surface area contributed by atoms with Crippen molar-refractivity contribution < 1.29 is 13.2 Å². The fourth-order valence-corrected chi connectivity index (χ4v) is 2.45. The van der Waals surface area contributed by atoms with E-state index in [0.29, 0.717) is 5.02 Å². The van der Waals surface area contributed by atoms with Gasteiger partial charge in [0, 0.05) is 17.8 Å². The van der Waals surface area contributed by atoms with E-state index in [-0.39, 0.29) is 30.3 Å². The van der Waals surface area contributed by atoms with E-state index in [9.17, 15) is 13.2 Å². The Balaban J connectivity index is 2.62. The number of carbonyl (C=O) groups excluding carboxylic acids is 1. The fraction of sp³-hybridized carbons (Fsp3) is 0.500. The van der Waals surface area contributed by atoms with Crippen LogP contribution < -0.4 is 10.6 Å². The van der Waals surface area contributed by atoms with E-state index < -0.39 is 9.84 Å². The summed E-state index contributed by atoms with van der Waals surface area (Å²) in [7, 11) is -3.08. The Morgan fingerprint density at radius 2 is 1.81 bits per heavy atom. The molecule has 0 saturated heterocycles. The molecular formula is C14H21ClN2O3S. The van der Waals surface area contributed by atoms with Gasteiger partial charge >= 0.3 is 6.03 Å². The molecule has 2 N–H and O–H groups in total. The summed E-state index contributed by atoms with van der Waals surface area (Å²) in [4.78, 5) is 11.8. The van der Waals surface area contributed by atoms with Crippen molar-refractivity contribution in [3.8, 4) is 0 Å². The average molecular weight is 333 g/mol. The van der Waals surface area contributed by atoms with E-state index in [1.165, 1.54) is 0 Å². The molecule has 0 spiro atoms. The highest BCUT2D eigenvalue weighted by atomic mass is 35.5. The van der Waals surface area contributed by atoms with Crippen molar-refractivity contribution in [1.29, 1.82) is 0 Å². The smallest absolute Gasteiger partial charge is 0.315 e. The van der Waals surface area contributed by atoms with E-state index in [1.807, 2.05) is 26.0 Å². The molecule has 0 radical (unpaired) electrons. The molecule has 0 unspecified atom stereocenters. The van der Waals surface area contributed by atoms with Crippen LogP contribution in [-0.4, -0.2) is 33.0 Å². The molecule has 21 heavy (non-hydrogen) atoms. The molecule has 1 aromatic carbocycles.